The van der Waals surface area contributed by atoms with Crippen LogP contribution in [0.3, 0.4) is 0 Å². The quantitative estimate of drug-likeness (QED) is 0.447. The molecule has 5 nitrogen and oxygen atoms in total. The molecule has 17 heavy (non-hydrogen) atoms. The molecule has 0 aromatic heterocycles. The van der Waals surface area contributed by atoms with Crippen LogP contribution in [0.4, 0.5) is 4.79 Å². The van der Waals surface area contributed by atoms with Crippen LogP contribution in [0.2, 0.25) is 0 Å². The molecule has 6 heteroatoms. The molecule has 96 valence electrons. The van der Waals surface area contributed by atoms with E-state index in [-0.39, 0.29) is 16.7 Å². The first-order valence-electron chi connectivity index (χ1n) is 5.64. The van der Waals surface area contributed by atoms with E-state index >= 15 is 0 Å². The molecular weight excluding hydrogens is 244 g/mol. The van der Waals surface area contributed by atoms with Gasteiger partial charge in [0.15, 0.2) is 5.17 Å². The van der Waals surface area contributed by atoms with E-state index in [1.54, 1.807) is 4.90 Å². The number of carbonyl (C=O) groups is 1. The molecule has 0 radical (unpaired) electrons. The van der Waals surface area contributed by atoms with E-state index < -0.39 is 5.60 Å². The van der Waals surface area contributed by atoms with Crippen LogP contribution in [0.25, 0.3) is 0 Å². The molecule has 1 saturated heterocycles. The number of hydrogen-bond acceptors (Lipinski definition) is 4. The lowest BCUT2D eigenvalue weighted by Crippen LogP contribution is -2.37. The molecule has 0 spiro atoms. The van der Waals surface area contributed by atoms with Gasteiger partial charge in [0.05, 0.1) is 0 Å². The standard InChI is InChI=1S/C11H17ClN2O3/c1-10(2,3)17-9(15)14-5-7-4-11(7,6-14)8(12)13-16/h7,16H,4-6H2,1-3H3/b13-8-. The molecule has 1 aliphatic carbocycles. The Hall–Kier alpha value is -0.970. The maximum absolute atomic E-state index is 11.8. The zero-order valence-corrected chi connectivity index (χ0v) is 11.0. The summed E-state index contributed by atoms with van der Waals surface area (Å²) in [6, 6.07) is 0. The van der Waals surface area contributed by atoms with E-state index in [4.69, 9.17) is 21.5 Å². The number of ether oxygens (including phenoxy) is 1. The smallest absolute Gasteiger partial charge is 0.410 e. The fourth-order valence-electron chi connectivity index (χ4n) is 2.37. The van der Waals surface area contributed by atoms with Gasteiger partial charge in [0.25, 0.3) is 0 Å². The first-order chi connectivity index (χ1) is 7.78. The Morgan fingerprint density at radius 3 is 2.76 bits per heavy atom. The zero-order chi connectivity index (χ0) is 12.8. The lowest BCUT2D eigenvalue weighted by Gasteiger charge is -2.26. The van der Waals surface area contributed by atoms with Gasteiger partial charge >= 0.3 is 6.09 Å². The van der Waals surface area contributed by atoms with Gasteiger partial charge in [-0.3, -0.25) is 0 Å². The molecule has 2 atom stereocenters. The van der Waals surface area contributed by atoms with Crippen LogP contribution in [-0.2, 0) is 4.74 Å². The summed E-state index contributed by atoms with van der Waals surface area (Å²) in [4.78, 5) is 13.5. The molecule has 1 heterocycles. The van der Waals surface area contributed by atoms with Gasteiger partial charge in [0.2, 0.25) is 0 Å². The third kappa shape index (κ3) is 2.20. The van der Waals surface area contributed by atoms with Crippen LogP contribution in [0.15, 0.2) is 5.16 Å². The highest BCUT2D eigenvalue weighted by Gasteiger charge is 2.64. The van der Waals surface area contributed by atoms with Crippen LogP contribution in [0.1, 0.15) is 27.2 Å². The van der Waals surface area contributed by atoms with Gasteiger partial charge in [-0.05, 0) is 33.1 Å². The number of halogens is 1. The average Bonchev–Trinajstić information content (AvgIpc) is 2.78. The van der Waals surface area contributed by atoms with Gasteiger partial charge in [0, 0.05) is 18.5 Å². The van der Waals surface area contributed by atoms with Crippen LogP contribution >= 0.6 is 11.6 Å². The minimum Gasteiger partial charge on any atom is -0.444 e. The first-order valence-corrected chi connectivity index (χ1v) is 6.02. The summed E-state index contributed by atoms with van der Waals surface area (Å²) in [7, 11) is 0. The summed E-state index contributed by atoms with van der Waals surface area (Å²) in [5.41, 5.74) is -0.806. The summed E-state index contributed by atoms with van der Waals surface area (Å²) in [6.45, 7) is 6.61. The number of likely N-dealkylation sites (tertiary alicyclic amines) is 1. The van der Waals surface area contributed by atoms with Crippen molar-refractivity contribution in [1.29, 1.82) is 0 Å². The van der Waals surface area contributed by atoms with Crippen molar-refractivity contribution in [2.24, 2.45) is 16.5 Å². The van der Waals surface area contributed by atoms with E-state index in [0.717, 1.165) is 6.42 Å². The molecule has 1 amide bonds. The zero-order valence-electron chi connectivity index (χ0n) is 10.2. The molecular formula is C11H17ClN2O3. The summed E-state index contributed by atoms with van der Waals surface area (Å²) in [5.74, 6) is 0.304. The Balaban J connectivity index is 1.99. The summed E-state index contributed by atoms with van der Waals surface area (Å²) in [6.07, 6.45) is 0.557. The van der Waals surface area contributed by atoms with E-state index in [1.165, 1.54) is 0 Å². The number of hydrogen-bond donors (Lipinski definition) is 1. The first kappa shape index (κ1) is 12.5. The third-order valence-corrected chi connectivity index (χ3v) is 3.75. The predicted molar refractivity (Wildman–Crippen MR) is 63.4 cm³/mol. The Morgan fingerprint density at radius 2 is 2.24 bits per heavy atom. The van der Waals surface area contributed by atoms with Gasteiger partial charge in [-0.15, -0.1) is 0 Å². The fraction of sp³-hybridized carbons (Fsp3) is 0.818. The van der Waals surface area contributed by atoms with Crippen molar-refractivity contribution in [2.45, 2.75) is 32.8 Å². The minimum absolute atomic E-state index is 0.202. The second kappa shape index (κ2) is 3.77. The molecule has 2 aliphatic rings. The lowest BCUT2D eigenvalue weighted by molar-refractivity contribution is 0.0269. The molecule has 2 rings (SSSR count). The van der Waals surface area contributed by atoms with Crippen molar-refractivity contribution in [1.82, 2.24) is 4.90 Å². The molecule has 2 fully saturated rings. The van der Waals surface area contributed by atoms with Crippen molar-refractivity contribution in [2.75, 3.05) is 13.1 Å². The SMILES string of the molecule is CC(C)(C)OC(=O)N1CC2CC2(/C(Cl)=N/O)C1. The van der Waals surface area contributed by atoms with Crippen LogP contribution in [-0.4, -0.2) is 40.1 Å². The topological polar surface area (TPSA) is 62.1 Å². The van der Waals surface area contributed by atoms with Crippen LogP contribution < -0.4 is 0 Å². The van der Waals surface area contributed by atoms with E-state index in [1.807, 2.05) is 20.8 Å². The second-order valence-corrected chi connectivity index (χ2v) is 6.17. The van der Waals surface area contributed by atoms with Gasteiger partial charge < -0.3 is 14.8 Å². The van der Waals surface area contributed by atoms with E-state index in [9.17, 15) is 4.79 Å². The van der Waals surface area contributed by atoms with E-state index in [2.05, 4.69) is 5.16 Å². The van der Waals surface area contributed by atoms with Crippen molar-refractivity contribution in [3.8, 4) is 0 Å². The van der Waals surface area contributed by atoms with Crippen molar-refractivity contribution in [3.05, 3.63) is 0 Å². The largest absolute Gasteiger partial charge is 0.444 e. The monoisotopic (exact) mass is 260 g/mol. The van der Waals surface area contributed by atoms with Crippen molar-refractivity contribution in [3.63, 3.8) is 0 Å². The van der Waals surface area contributed by atoms with Crippen LogP contribution in [0, 0.1) is 11.3 Å². The maximum atomic E-state index is 11.8. The molecule has 1 saturated carbocycles. The number of piperidine rings is 1. The second-order valence-electron chi connectivity index (χ2n) is 5.81. The molecule has 0 aromatic rings. The number of nitrogens with zero attached hydrogens (tertiary/aromatic N) is 2. The number of carbonyl (C=O) groups excluding carboxylic acids is 1. The van der Waals surface area contributed by atoms with Crippen LogP contribution in [0.5, 0.6) is 0 Å². The summed E-state index contributed by atoms with van der Waals surface area (Å²) >= 11 is 5.88. The van der Waals surface area contributed by atoms with Gasteiger partial charge in [-0.1, -0.05) is 16.8 Å². The Bertz CT molecular complexity index is 377. The van der Waals surface area contributed by atoms with Gasteiger partial charge in [-0.25, -0.2) is 4.79 Å². The van der Waals surface area contributed by atoms with Crippen molar-refractivity contribution < 1.29 is 14.7 Å². The lowest BCUT2D eigenvalue weighted by atomic mass is 10.1. The highest BCUT2D eigenvalue weighted by atomic mass is 35.5. The molecule has 0 aromatic carbocycles. The highest BCUT2D eigenvalue weighted by Crippen LogP contribution is 2.59. The molecule has 0 bridgehead atoms. The predicted octanol–water partition coefficient (Wildman–Crippen LogP) is 2.27. The molecule has 1 aliphatic heterocycles. The fourth-order valence-corrected chi connectivity index (χ4v) is 2.66. The number of fused-ring (bicyclic) bond motifs is 1. The third-order valence-electron chi connectivity index (χ3n) is 3.30. The molecule has 1 N–H and O–H groups in total. The van der Waals surface area contributed by atoms with Gasteiger partial charge in [-0.2, -0.15) is 0 Å². The molecule has 2 unspecified atom stereocenters. The Kier molecular flexibility index (Phi) is 2.77. The highest BCUT2D eigenvalue weighted by molar-refractivity contribution is 6.67. The van der Waals surface area contributed by atoms with Gasteiger partial charge in [0.1, 0.15) is 5.60 Å². The summed E-state index contributed by atoms with van der Waals surface area (Å²) in [5, 5.41) is 12.0. The van der Waals surface area contributed by atoms with Crippen molar-refractivity contribution >= 4 is 22.9 Å². The number of oxime groups is 1. The number of rotatable bonds is 1. The maximum Gasteiger partial charge on any atom is 0.410 e. The normalized spacial score (nSPS) is 32.4. The average molecular weight is 261 g/mol. The van der Waals surface area contributed by atoms with E-state index in [0.29, 0.717) is 19.0 Å². The summed E-state index contributed by atoms with van der Waals surface area (Å²) < 4.78 is 5.29. The minimum atomic E-state index is -0.494. The Labute approximate surface area is 105 Å². The number of amides is 1. The Morgan fingerprint density at radius 1 is 1.59 bits per heavy atom.